The van der Waals surface area contributed by atoms with Gasteiger partial charge in [-0.1, -0.05) is 50.6 Å². The van der Waals surface area contributed by atoms with Crippen molar-refractivity contribution in [3.05, 3.63) is 47.0 Å². The molecule has 10 heteroatoms. The van der Waals surface area contributed by atoms with Crippen molar-refractivity contribution in [1.82, 2.24) is 9.97 Å². The summed E-state index contributed by atoms with van der Waals surface area (Å²) in [4.78, 5) is 18.1. The Bertz CT molecular complexity index is 1060. The molecule has 1 heterocycles. The Morgan fingerprint density at radius 2 is 1.84 bits per heavy atom. The van der Waals surface area contributed by atoms with Crippen LogP contribution in [0.5, 0.6) is 5.75 Å². The van der Waals surface area contributed by atoms with Gasteiger partial charge in [0.1, 0.15) is 5.75 Å². The number of carboxylic acid groups (broad SMARTS) is 1. The third kappa shape index (κ3) is 6.78. The molecule has 0 amide bonds. The minimum Gasteiger partial charge on any atom is -0.478 e. The first-order valence-corrected chi connectivity index (χ1v) is 10.5. The van der Waals surface area contributed by atoms with Crippen LogP contribution in [0.25, 0.3) is 11.0 Å². The van der Waals surface area contributed by atoms with Crippen molar-refractivity contribution >= 4 is 40.2 Å². The molecule has 1 saturated carbocycles. The molecular formula is C22H23ClF3N3O3. The maximum atomic E-state index is 12.1. The number of H-pyrrole nitrogens is 1. The van der Waals surface area contributed by atoms with Gasteiger partial charge in [-0.25, -0.2) is 9.78 Å². The van der Waals surface area contributed by atoms with E-state index in [-0.39, 0.29) is 22.3 Å². The number of ether oxygens (including phenoxy) is 1. The first-order chi connectivity index (χ1) is 15.1. The number of nitrogens with zero attached hydrogens (tertiary/aromatic N) is 1. The smallest absolute Gasteiger partial charge is 0.478 e. The lowest BCUT2D eigenvalue weighted by Gasteiger charge is -2.15. The zero-order valence-electron chi connectivity index (χ0n) is 17.3. The summed E-state index contributed by atoms with van der Waals surface area (Å²) in [7, 11) is 0. The summed E-state index contributed by atoms with van der Waals surface area (Å²) >= 11 is 5.88. The lowest BCUT2D eigenvalue weighted by atomic mass is 9.91. The van der Waals surface area contributed by atoms with E-state index in [1.54, 1.807) is 0 Å². The zero-order chi connectivity index (χ0) is 23.3. The molecule has 3 N–H and O–H groups in total. The van der Waals surface area contributed by atoms with Crippen LogP contribution in [-0.2, 0) is 0 Å². The molecule has 0 spiro atoms. The fraction of sp³-hybridized carbons (Fsp3) is 0.364. The van der Waals surface area contributed by atoms with Crippen molar-refractivity contribution in [2.24, 2.45) is 5.92 Å². The average molecular weight is 470 g/mol. The second-order valence-corrected chi connectivity index (χ2v) is 8.09. The number of hydrogen-bond donors (Lipinski definition) is 3. The molecule has 6 nitrogen and oxygen atoms in total. The monoisotopic (exact) mass is 469 g/mol. The minimum absolute atomic E-state index is 0.0591. The zero-order valence-corrected chi connectivity index (χ0v) is 18.1. The number of anilines is 2. The Morgan fingerprint density at radius 1 is 1.19 bits per heavy atom. The van der Waals surface area contributed by atoms with E-state index in [2.05, 4.69) is 26.9 Å². The largest absolute Gasteiger partial charge is 0.573 e. The molecule has 1 fully saturated rings. The summed E-state index contributed by atoms with van der Waals surface area (Å²) in [5.41, 5.74) is 1.26. The number of rotatable bonds is 4. The SMILES string of the molecule is CC1CCCCC1.O=C(O)c1cc2nc(Nc3ccc(OC(F)(F)F)cc3)[nH]c2cc1Cl. The number of fused-ring (bicyclic) bond motifs is 1. The first-order valence-electron chi connectivity index (χ1n) is 10.2. The highest BCUT2D eigenvalue weighted by Crippen LogP contribution is 2.27. The number of imidazole rings is 1. The van der Waals surface area contributed by atoms with Gasteiger partial charge in [0.25, 0.3) is 0 Å². The Kier molecular flexibility index (Phi) is 7.50. The van der Waals surface area contributed by atoms with Crippen LogP contribution in [0.2, 0.25) is 5.02 Å². The highest BCUT2D eigenvalue weighted by atomic mass is 35.5. The molecular weight excluding hydrogens is 447 g/mol. The number of carbonyl (C=O) groups is 1. The topological polar surface area (TPSA) is 87.2 Å². The Labute approximate surface area is 187 Å². The summed E-state index contributed by atoms with van der Waals surface area (Å²) in [6.07, 6.45) is 2.68. The van der Waals surface area contributed by atoms with Gasteiger partial charge >= 0.3 is 12.3 Å². The molecule has 0 bridgehead atoms. The van der Waals surface area contributed by atoms with Crippen LogP contribution < -0.4 is 10.1 Å². The van der Waals surface area contributed by atoms with Crippen LogP contribution in [0.4, 0.5) is 24.8 Å². The quantitative estimate of drug-likeness (QED) is 0.378. The molecule has 1 aromatic heterocycles. The van der Waals surface area contributed by atoms with E-state index >= 15 is 0 Å². The summed E-state index contributed by atoms with van der Waals surface area (Å²) in [5, 5.41) is 12.0. The van der Waals surface area contributed by atoms with Crippen molar-refractivity contribution in [3.63, 3.8) is 0 Å². The van der Waals surface area contributed by atoms with Crippen LogP contribution in [-0.4, -0.2) is 27.4 Å². The number of hydrogen-bond acceptors (Lipinski definition) is 4. The van der Waals surface area contributed by atoms with E-state index < -0.39 is 12.3 Å². The Balaban J connectivity index is 0.000000352. The summed E-state index contributed by atoms with van der Waals surface area (Å²) in [5.74, 6) is -0.211. The van der Waals surface area contributed by atoms with Crippen LogP contribution in [0.15, 0.2) is 36.4 Å². The van der Waals surface area contributed by atoms with Gasteiger partial charge in [0, 0.05) is 5.69 Å². The molecule has 0 unspecified atom stereocenters. The van der Waals surface area contributed by atoms with Crippen LogP contribution in [0, 0.1) is 5.92 Å². The van der Waals surface area contributed by atoms with Crippen LogP contribution in [0.1, 0.15) is 49.4 Å². The second kappa shape index (κ2) is 10.1. The van der Waals surface area contributed by atoms with Crippen molar-refractivity contribution in [2.75, 3.05) is 5.32 Å². The number of benzene rings is 2. The number of aromatic amines is 1. The van der Waals surface area contributed by atoms with Gasteiger partial charge in [0.2, 0.25) is 5.95 Å². The highest BCUT2D eigenvalue weighted by Gasteiger charge is 2.30. The van der Waals surface area contributed by atoms with Gasteiger partial charge in [-0.3, -0.25) is 0 Å². The van der Waals surface area contributed by atoms with Gasteiger partial charge in [-0.05, 0) is 42.3 Å². The molecule has 2 aromatic carbocycles. The number of aromatic carboxylic acids is 1. The first kappa shape index (κ1) is 23.7. The Hall–Kier alpha value is -2.94. The lowest BCUT2D eigenvalue weighted by Crippen LogP contribution is -2.16. The second-order valence-electron chi connectivity index (χ2n) is 7.68. The van der Waals surface area contributed by atoms with Crippen molar-refractivity contribution in [1.29, 1.82) is 0 Å². The molecule has 1 aliphatic carbocycles. The number of alkyl halides is 3. The maximum Gasteiger partial charge on any atom is 0.573 e. The van der Waals surface area contributed by atoms with E-state index in [1.807, 2.05) is 0 Å². The Morgan fingerprint density at radius 3 is 2.38 bits per heavy atom. The van der Waals surface area contributed by atoms with Gasteiger partial charge in [0.15, 0.2) is 0 Å². The molecule has 0 atom stereocenters. The fourth-order valence-electron chi connectivity index (χ4n) is 3.44. The lowest BCUT2D eigenvalue weighted by molar-refractivity contribution is -0.274. The minimum atomic E-state index is -4.76. The maximum absolute atomic E-state index is 12.1. The predicted octanol–water partition coefficient (Wildman–Crippen LogP) is 7.14. The summed E-state index contributed by atoms with van der Waals surface area (Å²) in [6, 6.07) is 7.81. The van der Waals surface area contributed by atoms with Crippen molar-refractivity contribution < 1.29 is 27.8 Å². The average Bonchev–Trinajstić information content (AvgIpc) is 3.09. The molecule has 0 aliphatic heterocycles. The number of nitrogens with one attached hydrogen (secondary N) is 2. The molecule has 32 heavy (non-hydrogen) atoms. The third-order valence-corrected chi connectivity index (χ3v) is 5.36. The predicted molar refractivity (Wildman–Crippen MR) is 117 cm³/mol. The van der Waals surface area contributed by atoms with Crippen LogP contribution in [0.3, 0.4) is 0 Å². The van der Waals surface area contributed by atoms with Crippen molar-refractivity contribution in [3.8, 4) is 5.75 Å². The molecule has 1 aliphatic rings. The molecule has 0 radical (unpaired) electrons. The summed E-state index contributed by atoms with van der Waals surface area (Å²) in [6.45, 7) is 2.36. The molecule has 172 valence electrons. The van der Waals surface area contributed by atoms with E-state index in [4.69, 9.17) is 16.7 Å². The van der Waals surface area contributed by atoms with E-state index in [0.29, 0.717) is 16.7 Å². The van der Waals surface area contributed by atoms with Gasteiger partial charge < -0.3 is 20.1 Å². The van der Waals surface area contributed by atoms with Gasteiger partial charge in [0.05, 0.1) is 21.6 Å². The standard InChI is InChI=1S/C15H9ClF3N3O3.C7H14/c16-10-6-12-11(5-9(10)13(23)24)21-14(22-12)20-7-1-3-8(4-2-7)25-15(17,18)19;1-7-5-3-2-4-6-7/h1-6H,(H,23,24)(H2,20,21,22);7H,2-6H2,1H3. The number of carboxylic acids is 1. The van der Waals surface area contributed by atoms with E-state index in [9.17, 15) is 18.0 Å². The highest BCUT2D eigenvalue weighted by molar-refractivity contribution is 6.34. The molecule has 3 aromatic rings. The van der Waals surface area contributed by atoms with E-state index in [1.165, 1.54) is 56.4 Å². The van der Waals surface area contributed by atoms with Crippen LogP contribution >= 0.6 is 11.6 Å². The summed E-state index contributed by atoms with van der Waals surface area (Å²) < 4.78 is 40.2. The third-order valence-electron chi connectivity index (χ3n) is 5.05. The fourth-order valence-corrected chi connectivity index (χ4v) is 3.68. The van der Waals surface area contributed by atoms with Gasteiger partial charge in [-0.15, -0.1) is 13.2 Å². The normalized spacial score (nSPS) is 14.5. The van der Waals surface area contributed by atoms with E-state index in [0.717, 1.165) is 18.1 Å². The van der Waals surface area contributed by atoms with Gasteiger partial charge in [-0.2, -0.15) is 0 Å². The van der Waals surface area contributed by atoms with Crippen molar-refractivity contribution in [2.45, 2.75) is 45.4 Å². The molecule has 4 rings (SSSR count). The molecule has 0 saturated heterocycles. The number of halogens is 4. The number of aromatic nitrogens is 2.